The number of amides is 2. The van der Waals surface area contributed by atoms with Crippen LogP contribution in [0.5, 0.6) is 5.75 Å². The van der Waals surface area contributed by atoms with Crippen molar-refractivity contribution in [3.8, 4) is 5.75 Å². The minimum absolute atomic E-state index is 0.0455. The zero-order chi connectivity index (χ0) is 30.9. The molecule has 0 spiro atoms. The van der Waals surface area contributed by atoms with Crippen LogP contribution in [-0.4, -0.2) is 56.6 Å². The minimum Gasteiger partial charge on any atom is -0.497 e. The number of benzene rings is 3. The van der Waals surface area contributed by atoms with E-state index in [2.05, 4.69) is 5.32 Å². The van der Waals surface area contributed by atoms with Gasteiger partial charge in [0.2, 0.25) is 21.8 Å². The molecule has 3 rings (SSSR count). The van der Waals surface area contributed by atoms with Crippen molar-refractivity contribution >= 4 is 39.1 Å². The predicted octanol–water partition coefficient (Wildman–Crippen LogP) is 5.45. The Morgan fingerprint density at radius 2 is 1.55 bits per heavy atom. The lowest BCUT2D eigenvalue weighted by molar-refractivity contribution is -0.142. The lowest BCUT2D eigenvalue weighted by Crippen LogP contribution is -2.54. The maximum Gasteiger partial charge on any atom is 0.243 e. The summed E-state index contributed by atoms with van der Waals surface area (Å²) in [6, 6.07) is 22.7. The molecule has 0 aliphatic carbocycles. The van der Waals surface area contributed by atoms with Gasteiger partial charge in [-0.1, -0.05) is 54.1 Å². The summed E-state index contributed by atoms with van der Waals surface area (Å²) in [7, 11) is -2.07. The summed E-state index contributed by atoms with van der Waals surface area (Å²) in [6.45, 7) is 5.99. The Morgan fingerprint density at radius 1 is 0.929 bits per heavy atom. The fraction of sp³-hybridized carbons (Fsp3) is 0.375. The van der Waals surface area contributed by atoms with Crippen LogP contribution in [0.4, 0.5) is 5.69 Å². The topological polar surface area (TPSA) is 96.0 Å². The zero-order valence-electron chi connectivity index (χ0n) is 24.8. The highest BCUT2D eigenvalue weighted by Crippen LogP contribution is 2.23. The summed E-state index contributed by atoms with van der Waals surface area (Å²) in [4.78, 5) is 29.2. The van der Waals surface area contributed by atoms with Crippen LogP contribution in [0, 0.1) is 0 Å². The van der Waals surface area contributed by atoms with E-state index in [4.69, 9.17) is 16.3 Å². The third-order valence-electron chi connectivity index (χ3n) is 6.55. The van der Waals surface area contributed by atoms with Crippen LogP contribution in [0.3, 0.4) is 0 Å². The number of anilines is 1. The second kappa shape index (κ2) is 14.6. The van der Waals surface area contributed by atoms with Gasteiger partial charge in [-0.05, 0) is 74.7 Å². The quantitative estimate of drug-likeness (QED) is 0.277. The molecule has 0 aromatic heterocycles. The van der Waals surface area contributed by atoms with Crippen LogP contribution < -0.4 is 14.4 Å². The minimum atomic E-state index is -3.61. The highest BCUT2D eigenvalue weighted by atomic mass is 35.5. The molecule has 0 fully saturated rings. The number of carbonyl (C=O) groups excluding carboxylic acids is 2. The van der Waals surface area contributed by atoms with Crippen molar-refractivity contribution in [1.29, 1.82) is 0 Å². The molecule has 0 unspecified atom stereocenters. The number of hydrogen-bond donors (Lipinski definition) is 1. The summed E-state index contributed by atoms with van der Waals surface area (Å²) in [6.07, 6.45) is 1.76. The first kappa shape index (κ1) is 32.9. The highest BCUT2D eigenvalue weighted by molar-refractivity contribution is 7.92. The molecule has 2 amide bonds. The summed E-state index contributed by atoms with van der Waals surface area (Å²) >= 11 is 6.10. The molecule has 10 heteroatoms. The van der Waals surface area contributed by atoms with E-state index in [1.807, 2.05) is 63.2 Å². The first-order chi connectivity index (χ1) is 19.8. The summed E-state index contributed by atoms with van der Waals surface area (Å²) < 4.78 is 31.7. The summed E-state index contributed by atoms with van der Waals surface area (Å²) in [5, 5.41) is 3.61. The first-order valence-electron chi connectivity index (χ1n) is 13.8. The van der Waals surface area contributed by atoms with Gasteiger partial charge in [0.25, 0.3) is 0 Å². The largest absolute Gasteiger partial charge is 0.497 e. The third-order valence-corrected chi connectivity index (χ3v) is 7.99. The fourth-order valence-corrected chi connectivity index (χ4v) is 5.64. The normalized spacial score (nSPS) is 12.3. The Kier molecular flexibility index (Phi) is 11.4. The number of ether oxygens (including phenoxy) is 1. The van der Waals surface area contributed by atoms with E-state index in [1.54, 1.807) is 41.3 Å². The molecule has 0 heterocycles. The van der Waals surface area contributed by atoms with Crippen LogP contribution >= 0.6 is 11.6 Å². The molecule has 3 aromatic rings. The maximum atomic E-state index is 13.9. The second-order valence-corrected chi connectivity index (χ2v) is 13.6. The van der Waals surface area contributed by atoms with Gasteiger partial charge in [-0.15, -0.1) is 0 Å². The van der Waals surface area contributed by atoms with Gasteiger partial charge in [0, 0.05) is 36.5 Å². The lowest BCUT2D eigenvalue weighted by atomic mass is 10.00. The number of halogens is 1. The number of nitrogens with zero attached hydrogens (tertiary/aromatic N) is 2. The van der Waals surface area contributed by atoms with Crippen molar-refractivity contribution in [3.63, 3.8) is 0 Å². The zero-order valence-corrected chi connectivity index (χ0v) is 26.4. The summed E-state index contributed by atoms with van der Waals surface area (Å²) in [5.41, 5.74) is 1.72. The van der Waals surface area contributed by atoms with Crippen LogP contribution in [0.25, 0.3) is 0 Å². The Labute approximate surface area is 254 Å². The monoisotopic (exact) mass is 613 g/mol. The Bertz CT molecular complexity index is 1420. The van der Waals surface area contributed by atoms with Crippen LogP contribution in [-0.2, 0) is 32.6 Å². The van der Waals surface area contributed by atoms with E-state index >= 15 is 0 Å². The van der Waals surface area contributed by atoms with Crippen LogP contribution in [0.2, 0.25) is 5.02 Å². The second-order valence-electron chi connectivity index (χ2n) is 11.2. The fourth-order valence-electron chi connectivity index (χ4n) is 4.55. The van der Waals surface area contributed by atoms with Crippen molar-refractivity contribution < 1.29 is 22.7 Å². The molecule has 226 valence electrons. The van der Waals surface area contributed by atoms with Gasteiger partial charge >= 0.3 is 0 Å². The average molecular weight is 614 g/mol. The highest BCUT2D eigenvalue weighted by Gasteiger charge is 2.32. The lowest BCUT2D eigenvalue weighted by Gasteiger charge is -2.34. The van der Waals surface area contributed by atoms with Crippen molar-refractivity contribution in [2.24, 2.45) is 0 Å². The molecule has 0 radical (unpaired) electrons. The molecular weight excluding hydrogens is 574 g/mol. The van der Waals surface area contributed by atoms with Gasteiger partial charge in [0.15, 0.2) is 0 Å². The third kappa shape index (κ3) is 10.1. The number of methoxy groups -OCH3 is 1. The molecule has 1 atom stereocenters. The van der Waals surface area contributed by atoms with Crippen molar-refractivity contribution in [2.75, 3.05) is 24.2 Å². The molecule has 1 N–H and O–H groups in total. The van der Waals surface area contributed by atoms with E-state index in [-0.39, 0.29) is 37.7 Å². The van der Waals surface area contributed by atoms with Crippen LogP contribution in [0.1, 0.15) is 44.7 Å². The summed E-state index contributed by atoms with van der Waals surface area (Å²) in [5.74, 6) is 0.0981. The number of hydrogen-bond acceptors (Lipinski definition) is 5. The van der Waals surface area contributed by atoms with Crippen molar-refractivity contribution in [2.45, 2.75) is 58.2 Å². The van der Waals surface area contributed by atoms with Gasteiger partial charge in [0.1, 0.15) is 11.8 Å². The van der Waals surface area contributed by atoms with Gasteiger partial charge < -0.3 is 15.0 Å². The first-order valence-corrected chi connectivity index (χ1v) is 16.0. The smallest absolute Gasteiger partial charge is 0.243 e. The maximum absolute atomic E-state index is 13.9. The Balaban J connectivity index is 1.88. The molecule has 0 aliphatic heterocycles. The van der Waals surface area contributed by atoms with E-state index in [0.29, 0.717) is 22.9 Å². The Morgan fingerprint density at radius 3 is 2.10 bits per heavy atom. The predicted molar refractivity (Wildman–Crippen MR) is 168 cm³/mol. The standard InChI is InChI=1S/C32H40ClN3O5S/c1-32(2,3)34-31(38)29(22-24-10-7-6-8-11-24)35(23-25-13-15-26(33)16-14-25)30(37)12-9-21-36(42(5,39)40)27-17-19-28(41-4)20-18-27/h6-8,10-11,13-20,29H,9,12,21-23H2,1-5H3,(H,34,38)/t29-/m1/s1. The van der Waals surface area contributed by atoms with Gasteiger partial charge in [-0.25, -0.2) is 8.42 Å². The molecule has 0 saturated heterocycles. The molecule has 0 saturated carbocycles. The molecule has 42 heavy (non-hydrogen) atoms. The van der Waals surface area contributed by atoms with E-state index in [1.165, 1.54) is 11.4 Å². The van der Waals surface area contributed by atoms with E-state index in [9.17, 15) is 18.0 Å². The average Bonchev–Trinajstić information content (AvgIpc) is 2.93. The van der Waals surface area contributed by atoms with E-state index in [0.717, 1.165) is 17.4 Å². The van der Waals surface area contributed by atoms with E-state index < -0.39 is 21.6 Å². The Hall–Kier alpha value is -3.56. The number of sulfonamides is 1. The number of carbonyl (C=O) groups is 2. The molecular formula is C32H40ClN3O5S. The number of rotatable bonds is 13. The van der Waals surface area contributed by atoms with Crippen molar-refractivity contribution in [3.05, 3.63) is 95.0 Å². The molecule has 3 aromatic carbocycles. The molecule has 0 aliphatic rings. The van der Waals surface area contributed by atoms with Crippen LogP contribution in [0.15, 0.2) is 78.9 Å². The van der Waals surface area contributed by atoms with Gasteiger partial charge in [0.05, 0.1) is 19.1 Å². The molecule has 8 nitrogen and oxygen atoms in total. The van der Waals surface area contributed by atoms with Crippen molar-refractivity contribution in [1.82, 2.24) is 10.2 Å². The number of nitrogens with one attached hydrogen (secondary N) is 1. The van der Waals surface area contributed by atoms with Gasteiger partial charge in [-0.3, -0.25) is 13.9 Å². The SMILES string of the molecule is COc1ccc(N(CCCC(=O)N(Cc2ccc(Cl)cc2)[C@H](Cc2ccccc2)C(=O)NC(C)(C)C)S(C)(=O)=O)cc1. The van der Waals surface area contributed by atoms with Gasteiger partial charge in [-0.2, -0.15) is 0 Å². The molecule has 0 bridgehead atoms.